The Morgan fingerprint density at radius 1 is 1.32 bits per heavy atom. The van der Waals surface area contributed by atoms with E-state index in [1.807, 2.05) is 0 Å². The summed E-state index contributed by atoms with van der Waals surface area (Å²) in [5.41, 5.74) is -0.438. The van der Waals surface area contributed by atoms with Crippen LogP contribution in [0.5, 0.6) is 0 Å². The fourth-order valence-corrected chi connectivity index (χ4v) is 4.02. The van der Waals surface area contributed by atoms with Crippen molar-refractivity contribution in [2.45, 2.75) is 37.9 Å². The highest BCUT2D eigenvalue weighted by Crippen LogP contribution is 2.34. The van der Waals surface area contributed by atoms with Crippen molar-refractivity contribution < 1.29 is 13.2 Å². The molecule has 3 rings (SSSR count). The molecule has 1 fully saturated rings. The summed E-state index contributed by atoms with van der Waals surface area (Å²) in [5.74, 6) is 2.01. The van der Waals surface area contributed by atoms with Crippen molar-refractivity contribution in [2.75, 3.05) is 30.3 Å². The minimum atomic E-state index is -4.44. The first-order chi connectivity index (χ1) is 10.4. The van der Waals surface area contributed by atoms with Crippen molar-refractivity contribution in [1.29, 1.82) is 0 Å². The van der Waals surface area contributed by atoms with E-state index in [2.05, 4.69) is 33.6 Å². The Hall–Kier alpha value is -1.02. The van der Waals surface area contributed by atoms with Crippen LogP contribution >= 0.6 is 11.8 Å². The molecular weight excluding hydrogens is 313 g/mol. The zero-order valence-corrected chi connectivity index (χ0v) is 13.4. The summed E-state index contributed by atoms with van der Waals surface area (Å²) in [6.45, 7) is 6.95. The van der Waals surface area contributed by atoms with Crippen LogP contribution in [-0.2, 0) is 11.9 Å². The van der Waals surface area contributed by atoms with Gasteiger partial charge in [-0.05, 0) is 13.8 Å². The molecule has 1 aromatic heterocycles. The Labute approximate surface area is 132 Å². The van der Waals surface area contributed by atoms with Gasteiger partial charge in [-0.2, -0.15) is 24.9 Å². The summed E-state index contributed by atoms with van der Waals surface area (Å²) in [6, 6.07) is 0.766. The van der Waals surface area contributed by atoms with Crippen molar-refractivity contribution >= 4 is 17.6 Å². The first kappa shape index (κ1) is 15.9. The second-order valence-corrected chi connectivity index (χ2v) is 7.00. The molecule has 4 nitrogen and oxygen atoms in total. The van der Waals surface area contributed by atoms with E-state index in [0.29, 0.717) is 23.3 Å². The number of thioether (sulfide) groups is 1. The van der Waals surface area contributed by atoms with Gasteiger partial charge in [-0.25, -0.2) is 9.97 Å². The van der Waals surface area contributed by atoms with Gasteiger partial charge in [-0.1, -0.05) is 0 Å². The highest BCUT2D eigenvalue weighted by molar-refractivity contribution is 7.98. The minimum absolute atomic E-state index is 0.286. The molecule has 22 heavy (non-hydrogen) atoms. The van der Waals surface area contributed by atoms with Gasteiger partial charge in [-0.15, -0.1) is 0 Å². The lowest BCUT2D eigenvalue weighted by atomic mass is 10.1. The van der Waals surface area contributed by atoms with E-state index in [1.54, 1.807) is 11.8 Å². The largest absolute Gasteiger partial charge is 0.434 e. The lowest BCUT2D eigenvalue weighted by Gasteiger charge is -2.43. The second-order valence-electron chi connectivity index (χ2n) is 5.97. The molecule has 0 aromatic carbocycles. The summed E-state index contributed by atoms with van der Waals surface area (Å²) in [7, 11) is 0. The summed E-state index contributed by atoms with van der Waals surface area (Å²) in [5, 5.41) is 0. The third kappa shape index (κ3) is 3.03. The molecule has 0 aliphatic carbocycles. The summed E-state index contributed by atoms with van der Waals surface area (Å²) >= 11 is 1.64. The average molecular weight is 332 g/mol. The quantitative estimate of drug-likeness (QED) is 0.789. The van der Waals surface area contributed by atoms with Crippen LogP contribution in [0.15, 0.2) is 6.20 Å². The van der Waals surface area contributed by atoms with Gasteiger partial charge in [0.15, 0.2) is 11.5 Å². The van der Waals surface area contributed by atoms with E-state index in [1.165, 1.54) is 0 Å². The maximum absolute atomic E-state index is 12.8. The van der Waals surface area contributed by atoms with Crippen molar-refractivity contribution in [2.24, 2.45) is 0 Å². The fraction of sp³-hybridized carbons (Fsp3) is 0.714. The van der Waals surface area contributed by atoms with Crippen LogP contribution < -0.4 is 4.90 Å². The van der Waals surface area contributed by atoms with Gasteiger partial charge in [0.05, 0.1) is 17.9 Å². The first-order valence-corrected chi connectivity index (χ1v) is 8.53. The van der Waals surface area contributed by atoms with Gasteiger partial charge in [-0.3, -0.25) is 4.90 Å². The average Bonchev–Trinajstić information content (AvgIpc) is 2.64. The van der Waals surface area contributed by atoms with E-state index in [-0.39, 0.29) is 6.04 Å². The number of nitrogens with zero attached hydrogens (tertiary/aromatic N) is 4. The van der Waals surface area contributed by atoms with E-state index < -0.39 is 11.9 Å². The van der Waals surface area contributed by atoms with E-state index in [9.17, 15) is 13.2 Å². The molecule has 3 heterocycles. The highest BCUT2D eigenvalue weighted by Gasteiger charge is 2.37. The van der Waals surface area contributed by atoms with Crippen molar-refractivity contribution in [1.82, 2.24) is 14.9 Å². The van der Waals surface area contributed by atoms with E-state index in [4.69, 9.17) is 0 Å². The summed E-state index contributed by atoms with van der Waals surface area (Å²) < 4.78 is 38.4. The standard InChI is InChI=1S/C14H19F3N4S/c1-9(2)20-3-4-21-10(6-20)7-22-8-11-13(21)18-5-12(19-11)14(15,16)17/h5,9-10H,3-4,6-8H2,1-2H3/t10-/m1/s1. The Balaban J connectivity index is 1.89. The minimum Gasteiger partial charge on any atom is -0.349 e. The molecule has 0 radical (unpaired) electrons. The number of halogens is 3. The number of aromatic nitrogens is 2. The first-order valence-electron chi connectivity index (χ1n) is 7.38. The smallest absolute Gasteiger partial charge is 0.349 e. The summed E-state index contributed by atoms with van der Waals surface area (Å²) in [6.07, 6.45) is -3.57. The van der Waals surface area contributed by atoms with Crippen LogP contribution in [0.2, 0.25) is 0 Å². The van der Waals surface area contributed by atoms with Crippen LogP contribution in [0, 0.1) is 0 Å². The van der Waals surface area contributed by atoms with Crippen LogP contribution in [0.1, 0.15) is 25.2 Å². The Bertz CT molecular complexity index is 549. The van der Waals surface area contributed by atoms with Crippen LogP contribution in [0.4, 0.5) is 19.0 Å². The normalized spacial score (nSPS) is 23.2. The molecular formula is C14H19F3N4S. The number of hydrogen-bond acceptors (Lipinski definition) is 5. The molecule has 0 bridgehead atoms. The molecule has 2 aliphatic heterocycles. The molecule has 0 N–H and O–H groups in total. The van der Waals surface area contributed by atoms with E-state index >= 15 is 0 Å². The lowest BCUT2D eigenvalue weighted by molar-refractivity contribution is -0.141. The molecule has 1 saturated heterocycles. The monoisotopic (exact) mass is 332 g/mol. The molecule has 8 heteroatoms. The topological polar surface area (TPSA) is 32.3 Å². The molecule has 1 atom stereocenters. The lowest BCUT2D eigenvalue weighted by Crippen LogP contribution is -2.56. The molecule has 122 valence electrons. The number of hydrogen-bond donors (Lipinski definition) is 0. The van der Waals surface area contributed by atoms with Crippen LogP contribution in [0.3, 0.4) is 0 Å². The highest BCUT2D eigenvalue weighted by atomic mass is 32.2. The van der Waals surface area contributed by atoms with Crippen LogP contribution in [0.25, 0.3) is 0 Å². The second kappa shape index (κ2) is 5.88. The van der Waals surface area contributed by atoms with Crippen molar-refractivity contribution in [3.8, 4) is 0 Å². The summed E-state index contributed by atoms with van der Waals surface area (Å²) in [4.78, 5) is 12.5. The zero-order valence-electron chi connectivity index (χ0n) is 12.6. The number of anilines is 1. The SMILES string of the molecule is CC(C)N1CCN2c3ncc(C(F)(F)F)nc3CSC[C@H]2C1. The van der Waals surface area contributed by atoms with E-state index in [0.717, 1.165) is 31.6 Å². The van der Waals surface area contributed by atoms with Gasteiger partial charge in [0.1, 0.15) is 0 Å². The number of rotatable bonds is 1. The van der Waals surface area contributed by atoms with Crippen LogP contribution in [-0.4, -0.2) is 52.3 Å². The molecule has 2 aliphatic rings. The Morgan fingerprint density at radius 2 is 2.09 bits per heavy atom. The molecule has 1 aromatic rings. The third-order valence-corrected chi connectivity index (χ3v) is 5.28. The Morgan fingerprint density at radius 3 is 2.77 bits per heavy atom. The van der Waals surface area contributed by atoms with Gasteiger partial charge < -0.3 is 4.90 Å². The molecule has 0 saturated carbocycles. The third-order valence-electron chi connectivity index (χ3n) is 4.18. The number of piperazine rings is 1. The maximum atomic E-state index is 12.8. The van der Waals surface area contributed by atoms with Gasteiger partial charge >= 0.3 is 6.18 Å². The van der Waals surface area contributed by atoms with Gasteiger partial charge in [0.25, 0.3) is 0 Å². The molecule has 0 spiro atoms. The zero-order chi connectivity index (χ0) is 15.9. The molecule has 0 amide bonds. The molecule has 0 unspecified atom stereocenters. The van der Waals surface area contributed by atoms with Gasteiger partial charge in [0, 0.05) is 37.2 Å². The van der Waals surface area contributed by atoms with Crippen molar-refractivity contribution in [3.05, 3.63) is 17.6 Å². The maximum Gasteiger partial charge on any atom is 0.434 e. The number of alkyl halides is 3. The predicted octanol–water partition coefficient (Wildman–Crippen LogP) is 2.64. The van der Waals surface area contributed by atoms with Crippen molar-refractivity contribution in [3.63, 3.8) is 0 Å². The Kier molecular flexibility index (Phi) is 4.24. The number of fused-ring (bicyclic) bond motifs is 3. The predicted molar refractivity (Wildman–Crippen MR) is 81.0 cm³/mol. The fourth-order valence-electron chi connectivity index (χ4n) is 2.96. The van der Waals surface area contributed by atoms with Gasteiger partial charge in [0.2, 0.25) is 0 Å².